The minimum absolute atomic E-state index is 0.198. The molecular weight excluding hydrogens is 192 g/mol. The molecule has 2 unspecified atom stereocenters. The van der Waals surface area contributed by atoms with Crippen molar-refractivity contribution in [1.29, 1.82) is 0 Å². The number of anilines is 1. The molecule has 1 fully saturated rings. The van der Waals surface area contributed by atoms with Gasteiger partial charge in [-0.05, 0) is 24.5 Å². The topological polar surface area (TPSA) is 80.9 Å². The van der Waals surface area contributed by atoms with Gasteiger partial charge in [0.05, 0.1) is 0 Å². The number of nitrogens with two attached hydrogens (primary N) is 1. The summed E-state index contributed by atoms with van der Waals surface area (Å²) in [6, 6.07) is 3.84. The van der Waals surface area contributed by atoms with Crippen molar-refractivity contribution in [3.05, 3.63) is 17.8 Å². The lowest BCUT2D eigenvalue weighted by Gasteiger charge is -2.03. The number of hydrogen-bond acceptors (Lipinski definition) is 4. The Morgan fingerprint density at radius 3 is 2.87 bits per heavy atom. The van der Waals surface area contributed by atoms with Gasteiger partial charge in [0.25, 0.3) is 5.91 Å². The number of nitrogens with one attached hydrogen (secondary N) is 1. The quantitative estimate of drug-likeness (QED) is 0.763. The van der Waals surface area contributed by atoms with Gasteiger partial charge in [0.2, 0.25) is 0 Å². The molecule has 1 amide bonds. The minimum Gasteiger partial charge on any atom is -0.366 e. The van der Waals surface area contributed by atoms with Crippen molar-refractivity contribution in [2.45, 2.75) is 25.8 Å². The average Bonchev–Trinajstić information content (AvgIpc) is 2.97. The summed E-state index contributed by atoms with van der Waals surface area (Å²) in [6.45, 7) is 2.17. The summed E-state index contributed by atoms with van der Waals surface area (Å²) < 4.78 is 0. The monoisotopic (exact) mass is 206 g/mol. The van der Waals surface area contributed by atoms with Crippen LogP contribution in [0.4, 0.5) is 5.82 Å². The summed E-state index contributed by atoms with van der Waals surface area (Å²) in [5.74, 6) is 0.912. The van der Waals surface area contributed by atoms with E-state index in [9.17, 15) is 4.79 Å². The van der Waals surface area contributed by atoms with E-state index in [4.69, 9.17) is 5.73 Å². The van der Waals surface area contributed by atoms with Crippen molar-refractivity contribution in [3.63, 3.8) is 0 Å². The van der Waals surface area contributed by atoms with Crippen LogP contribution in [0, 0.1) is 5.92 Å². The number of rotatable bonds is 4. The van der Waals surface area contributed by atoms with Crippen molar-refractivity contribution in [2.24, 2.45) is 11.7 Å². The highest BCUT2D eigenvalue weighted by Gasteiger charge is 2.35. The molecule has 2 atom stereocenters. The molecular formula is C10H14N4O. The van der Waals surface area contributed by atoms with Crippen LogP contribution < -0.4 is 11.1 Å². The van der Waals surface area contributed by atoms with Gasteiger partial charge in [-0.1, -0.05) is 13.3 Å². The van der Waals surface area contributed by atoms with Crippen LogP contribution in [0.15, 0.2) is 12.1 Å². The maximum atomic E-state index is 10.7. The molecule has 1 aromatic heterocycles. The maximum Gasteiger partial charge on any atom is 0.269 e. The van der Waals surface area contributed by atoms with E-state index < -0.39 is 5.91 Å². The molecule has 0 spiro atoms. The minimum atomic E-state index is -0.549. The first-order valence-electron chi connectivity index (χ1n) is 5.10. The highest BCUT2D eigenvalue weighted by Crippen LogP contribution is 2.35. The zero-order valence-corrected chi connectivity index (χ0v) is 8.60. The lowest BCUT2D eigenvalue weighted by Crippen LogP contribution is -2.14. The second-order valence-corrected chi connectivity index (χ2v) is 3.82. The Morgan fingerprint density at radius 1 is 1.60 bits per heavy atom. The van der Waals surface area contributed by atoms with Crippen LogP contribution in [0.2, 0.25) is 0 Å². The Labute approximate surface area is 88.1 Å². The number of nitrogens with zero attached hydrogens (tertiary/aromatic N) is 2. The van der Waals surface area contributed by atoms with Crippen LogP contribution in [-0.4, -0.2) is 22.1 Å². The Morgan fingerprint density at radius 2 is 2.40 bits per heavy atom. The average molecular weight is 206 g/mol. The molecule has 0 aromatic carbocycles. The molecule has 1 saturated carbocycles. The van der Waals surface area contributed by atoms with Crippen molar-refractivity contribution in [3.8, 4) is 0 Å². The van der Waals surface area contributed by atoms with Crippen LogP contribution >= 0.6 is 0 Å². The third-order valence-electron chi connectivity index (χ3n) is 2.70. The molecule has 80 valence electrons. The smallest absolute Gasteiger partial charge is 0.269 e. The molecule has 1 heterocycles. The van der Waals surface area contributed by atoms with E-state index in [1.54, 1.807) is 12.1 Å². The third kappa shape index (κ3) is 2.23. The number of primary amides is 1. The van der Waals surface area contributed by atoms with Gasteiger partial charge in [-0.25, -0.2) is 0 Å². The van der Waals surface area contributed by atoms with E-state index in [-0.39, 0.29) is 5.69 Å². The Kier molecular flexibility index (Phi) is 2.53. The lowest BCUT2D eigenvalue weighted by molar-refractivity contribution is 0.0994. The van der Waals surface area contributed by atoms with E-state index in [0.29, 0.717) is 11.9 Å². The molecule has 1 aromatic rings. The first kappa shape index (κ1) is 9.89. The molecule has 1 aliphatic carbocycles. The number of aromatic nitrogens is 2. The highest BCUT2D eigenvalue weighted by molar-refractivity contribution is 5.90. The first-order valence-corrected chi connectivity index (χ1v) is 5.10. The van der Waals surface area contributed by atoms with Gasteiger partial charge in [0.15, 0.2) is 5.69 Å². The largest absolute Gasteiger partial charge is 0.366 e. The fourth-order valence-electron chi connectivity index (χ4n) is 1.61. The van der Waals surface area contributed by atoms with Crippen molar-refractivity contribution >= 4 is 11.7 Å². The molecule has 0 aliphatic heterocycles. The van der Waals surface area contributed by atoms with E-state index in [1.807, 2.05) is 0 Å². The van der Waals surface area contributed by atoms with Crippen LogP contribution in [-0.2, 0) is 0 Å². The van der Waals surface area contributed by atoms with Crippen LogP contribution in [0.1, 0.15) is 30.3 Å². The zero-order valence-electron chi connectivity index (χ0n) is 8.60. The van der Waals surface area contributed by atoms with E-state index in [1.165, 1.54) is 12.8 Å². The van der Waals surface area contributed by atoms with Gasteiger partial charge in [-0.15, -0.1) is 10.2 Å². The number of hydrogen-bond donors (Lipinski definition) is 2. The molecule has 5 heteroatoms. The van der Waals surface area contributed by atoms with E-state index >= 15 is 0 Å². The summed E-state index contributed by atoms with van der Waals surface area (Å²) in [5.41, 5.74) is 5.26. The summed E-state index contributed by atoms with van der Waals surface area (Å²) in [6.07, 6.45) is 2.38. The molecule has 1 aliphatic rings. The Balaban J connectivity index is 1.96. The first-order chi connectivity index (χ1) is 7.20. The van der Waals surface area contributed by atoms with E-state index in [2.05, 4.69) is 22.4 Å². The molecule has 0 saturated heterocycles. The fourth-order valence-corrected chi connectivity index (χ4v) is 1.61. The molecule has 5 nitrogen and oxygen atoms in total. The maximum absolute atomic E-state index is 10.7. The SMILES string of the molecule is CCC1CC1Nc1ccc(C(N)=O)nn1. The molecule has 0 radical (unpaired) electrons. The fraction of sp³-hybridized carbons (Fsp3) is 0.500. The standard InChI is InChI=1S/C10H14N4O/c1-2-6-5-8(6)12-9-4-3-7(10(11)15)13-14-9/h3-4,6,8H,2,5H2,1H3,(H2,11,15)(H,12,14). The van der Waals surface area contributed by atoms with Crippen molar-refractivity contribution in [2.75, 3.05) is 5.32 Å². The molecule has 3 N–H and O–H groups in total. The van der Waals surface area contributed by atoms with Gasteiger partial charge in [0.1, 0.15) is 5.82 Å². The van der Waals surface area contributed by atoms with Gasteiger partial charge in [0, 0.05) is 6.04 Å². The molecule has 2 rings (SSSR count). The van der Waals surface area contributed by atoms with E-state index in [0.717, 1.165) is 5.92 Å². The number of carbonyl (C=O) groups is 1. The van der Waals surface area contributed by atoms with Crippen molar-refractivity contribution in [1.82, 2.24) is 10.2 Å². The molecule has 0 bridgehead atoms. The Bertz CT molecular complexity index is 362. The third-order valence-corrected chi connectivity index (χ3v) is 2.70. The highest BCUT2D eigenvalue weighted by atomic mass is 16.1. The summed E-state index contributed by atoms with van der Waals surface area (Å²) in [4.78, 5) is 10.7. The van der Waals surface area contributed by atoms with Gasteiger partial charge >= 0.3 is 0 Å². The second kappa shape index (κ2) is 3.84. The van der Waals surface area contributed by atoms with Crippen LogP contribution in [0.25, 0.3) is 0 Å². The summed E-state index contributed by atoms with van der Waals surface area (Å²) in [5, 5.41) is 10.9. The molecule has 15 heavy (non-hydrogen) atoms. The summed E-state index contributed by atoms with van der Waals surface area (Å²) >= 11 is 0. The predicted molar refractivity (Wildman–Crippen MR) is 56.4 cm³/mol. The lowest BCUT2D eigenvalue weighted by atomic mass is 10.3. The zero-order chi connectivity index (χ0) is 10.8. The van der Waals surface area contributed by atoms with Crippen LogP contribution in [0.3, 0.4) is 0 Å². The number of carbonyl (C=O) groups excluding carboxylic acids is 1. The number of amides is 1. The summed E-state index contributed by atoms with van der Waals surface area (Å²) in [7, 11) is 0. The van der Waals surface area contributed by atoms with Crippen molar-refractivity contribution < 1.29 is 4.79 Å². The Hall–Kier alpha value is -1.65. The normalized spacial score (nSPS) is 23.5. The second-order valence-electron chi connectivity index (χ2n) is 3.82. The van der Waals surface area contributed by atoms with Gasteiger partial charge < -0.3 is 11.1 Å². The van der Waals surface area contributed by atoms with Gasteiger partial charge in [-0.3, -0.25) is 4.79 Å². The van der Waals surface area contributed by atoms with Gasteiger partial charge in [-0.2, -0.15) is 0 Å². The predicted octanol–water partition coefficient (Wildman–Crippen LogP) is 0.786. The van der Waals surface area contributed by atoms with Crippen LogP contribution in [0.5, 0.6) is 0 Å².